The van der Waals surface area contributed by atoms with Gasteiger partial charge in [0.15, 0.2) is 5.82 Å². The molecule has 1 aliphatic heterocycles. The van der Waals surface area contributed by atoms with Crippen LogP contribution in [0.2, 0.25) is 0 Å². The van der Waals surface area contributed by atoms with Crippen molar-refractivity contribution in [2.45, 2.75) is 25.8 Å². The molecule has 0 bridgehead atoms. The van der Waals surface area contributed by atoms with Gasteiger partial charge in [0, 0.05) is 25.0 Å². The predicted molar refractivity (Wildman–Crippen MR) is 88.0 cm³/mol. The molecule has 1 atom stereocenters. The lowest BCUT2D eigenvalue weighted by Gasteiger charge is -2.28. The van der Waals surface area contributed by atoms with Gasteiger partial charge in [-0.3, -0.25) is 4.79 Å². The van der Waals surface area contributed by atoms with Crippen molar-refractivity contribution in [3.63, 3.8) is 0 Å². The SMILES string of the molecule is Cc1noc([C@@H](NC(=O)c2ccn3cncc3c2)C2CCOCC2)n1. The zero-order valence-corrected chi connectivity index (χ0v) is 13.9. The van der Waals surface area contributed by atoms with Crippen LogP contribution in [0.4, 0.5) is 0 Å². The minimum Gasteiger partial charge on any atom is -0.381 e. The van der Waals surface area contributed by atoms with Crippen LogP contribution in [0.5, 0.6) is 0 Å². The number of imidazole rings is 1. The van der Waals surface area contributed by atoms with Gasteiger partial charge in [-0.05, 0) is 37.8 Å². The van der Waals surface area contributed by atoms with Gasteiger partial charge in [-0.1, -0.05) is 5.16 Å². The largest absolute Gasteiger partial charge is 0.381 e. The molecular weight excluding hydrogens is 322 g/mol. The third-order valence-corrected chi connectivity index (χ3v) is 4.51. The van der Waals surface area contributed by atoms with Crippen molar-refractivity contribution >= 4 is 11.4 Å². The van der Waals surface area contributed by atoms with Crippen LogP contribution in [-0.4, -0.2) is 38.6 Å². The van der Waals surface area contributed by atoms with E-state index in [1.54, 1.807) is 25.5 Å². The quantitative estimate of drug-likeness (QED) is 0.779. The van der Waals surface area contributed by atoms with Crippen molar-refractivity contribution in [1.29, 1.82) is 0 Å². The maximum absolute atomic E-state index is 12.8. The van der Waals surface area contributed by atoms with Gasteiger partial charge in [-0.15, -0.1) is 0 Å². The van der Waals surface area contributed by atoms with Gasteiger partial charge in [0.05, 0.1) is 18.0 Å². The lowest BCUT2D eigenvalue weighted by molar-refractivity contribution is 0.0468. The van der Waals surface area contributed by atoms with Crippen molar-refractivity contribution in [3.05, 3.63) is 48.1 Å². The molecule has 0 radical (unpaired) electrons. The molecule has 1 saturated heterocycles. The van der Waals surface area contributed by atoms with E-state index in [1.165, 1.54) is 0 Å². The lowest BCUT2D eigenvalue weighted by atomic mass is 9.91. The van der Waals surface area contributed by atoms with E-state index in [1.807, 2.05) is 16.7 Å². The first-order valence-electron chi connectivity index (χ1n) is 8.31. The van der Waals surface area contributed by atoms with Gasteiger partial charge in [0.1, 0.15) is 6.04 Å². The highest BCUT2D eigenvalue weighted by Gasteiger charge is 2.31. The summed E-state index contributed by atoms with van der Waals surface area (Å²) in [4.78, 5) is 21.2. The third-order valence-electron chi connectivity index (χ3n) is 4.51. The minimum atomic E-state index is -0.321. The van der Waals surface area contributed by atoms with Crippen molar-refractivity contribution in [3.8, 4) is 0 Å². The number of ether oxygens (including phenoxy) is 1. The maximum Gasteiger partial charge on any atom is 0.252 e. The van der Waals surface area contributed by atoms with Crippen LogP contribution in [0.25, 0.3) is 5.52 Å². The van der Waals surface area contributed by atoms with Crippen molar-refractivity contribution in [1.82, 2.24) is 24.8 Å². The number of nitrogens with zero attached hydrogens (tertiary/aromatic N) is 4. The standard InChI is InChI=1S/C17H19N5O3/c1-11-19-17(25-21-11)15(12-3-6-24-7-4-12)20-16(23)13-2-5-22-10-18-9-14(22)8-13/h2,5,8-10,12,15H,3-4,6-7H2,1H3,(H,20,23)/t15-/m0/s1. The van der Waals surface area contributed by atoms with Gasteiger partial charge >= 0.3 is 0 Å². The summed E-state index contributed by atoms with van der Waals surface area (Å²) < 4.78 is 12.6. The van der Waals surface area contributed by atoms with Crippen LogP contribution in [0.15, 0.2) is 35.4 Å². The molecule has 3 aromatic rings. The number of hydrogen-bond donors (Lipinski definition) is 1. The number of aromatic nitrogens is 4. The molecular formula is C17H19N5O3. The van der Waals surface area contributed by atoms with E-state index in [0.29, 0.717) is 30.5 Å². The van der Waals surface area contributed by atoms with Gasteiger partial charge in [-0.25, -0.2) is 4.98 Å². The molecule has 0 aromatic carbocycles. The van der Waals surface area contributed by atoms with E-state index < -0.39 is 0 Å². The van der Waals surface area contributed by atoms with E-state index in [-0.39, 0.29) is 17.9 Å². The van der Waals surface area contributed by atoms with Crippen LogP contribution in [-0.2, 0) is 4.74 Å². The second kappa shape index (κ2) is 6.64. The number of nitrogens with one attached hydrogen (secondary N) is 1. The van der Waals surface area contributed by atoms with Gasteiger partial charge in [0.2, 0.25) is 5.89 Å². The highest BCUT2D eigenvalue weighted by Crippen LogP contribution is 2.29. The summed E-state index contributed by atoms with van der Waals surface area (Å²) in [6.07, 6.45) is 6.91. The van der Waals surface area contributed by atoms with Crippen molar-refractivity contribution < 1.29 is 14.1 Å². The number of carbonyl (C=O) groups excluding carboxylic acids is 1. The average molecular weight is 341 g/mol. The molecule has 130 valence electrons. The Morgan fingerprint density at radius 3 is 3.00 bits per heavy atom. The summed E-state index contributed by atoms with van der Waals surface area (Å²) >= 11 is 0. The van der Waals surface area contributed by atoms with Crippen LogP contribution in [0, 0.1) is 12.8 Å². The normalized spacial score (nSPS) is 16.8. The number of rotatable bonds is 4. The first kappa shape index (κ1) is 15.8. The molecule has 8 nitrogen and oxygen atoms in total. The second-order valence-corrected chi connectivity index (χ2v) is 6.22. The topological polar surface area (TPSA) is 94.6 Å². The van der Waals surface area contributed by atoms with E-state index in [4.69, 9.17) is 9.26 Å². The molecule has 25 heavy (non-hydrogen) atoms. The number of hydrogen-bond acceptors (Lipinski definition) is 6. The van der Waals surface area contributed by atoms with Crippen LogP contribution in [0.1, 0.15) is 41.0 Å². The Kier molecular flexibility index (Phi) is 4.19. The fraction of sp³-hybridized carbons (Fsp3) is 0.412. The second-order valence-electron chi connectivity index (χ2n) is 6.22. The smallest absolute Gasteiger partial charge is 0.252 e. The first-order valence-corrected chi connectivity index (χ1v) is 8.31. The Labute approximate surface area is 144 Å². The number of amides is 1. The fourth-order valence-electron chi connectivity index (χ4n) is 3.15. The van der Waals surface area contributed by atoms with E-state index in [2.05, 4.69) is 20.4 Å². The predicted octanol–water partition coefficient (Wildman–Crippen LogP) is 1.92. The molecule has 1 N–H and O–H groups in total. The highest BCUT2D eigenvalue weighted by molar-refractivity contribution is 5.95. The molecule has 0 unspecified atom stereocenters. The van der Waals surface area contributed by atoms with E-state index in [0.717, 1.165) is 18.4 Å². The first-order chi connectivity index (χ1) is 12.2. The van der Waals surface area contributed by atoms with Crippen LogP contribution >= 0.6 is 0 Å². The van der Waals surface area contributed by atoms with Gasteiger partial charge in [-0.2, -0.15) is 4.98 Å². The lowest BCUT2D eigenvalue weighted by Crippen LogP contribution is -2.36. The van der Waals surface area contributed by atoms with Gasteiger partial charge in [0.25, 0.3) is 5.91 Å². The fourth-order valence-corrected chi connectivity index (χ4v) is 3.15. The van der Waals surface area contributed by atoms with Crippen LogP contribution < -0.4 is 5.32 Å². The molecule has 1 amide bonds. The Morgan fingerprint density at radius 2 is 2.24 bits per heavy atom. The average Bonchev–Trinajstić information content (AvgIpc) is 3.28. The molecule has 4 rings (SSSR count). The number of carbonyl (C=O) groups is 1. The summed E-state index contributed by atoms with van der Waals surface area (Å²) in [7, 11) is 0. The molecule has 4 heterocycles. The molecule has 1 aliphatic rings. The molecule has 0 saturated carbocycles. The summed E-state index contributed by atoms with van der Waals surface area (Å²) in [5.41, 5.74) is 1.44. The zero-order valence-electron chi connectivity index (χ0n) is 13.9. The summed E-state index contributed by atoms with van der Waals surface area (Å²) in [5, 5.41) is 6.94. The summed E-state index contributed by atoms with van der Waals surface area (Å²) in [5.74, 6) is 1.04. The Hall–Kier alpha value is -2.74. The van der Waals surface area contributed by atoms with Crippen molar-refractivity contribution in [2.24, 2.45) is 5.92 Å². The maximum atomic E-state index is 12.8. The summed E-state index contributed by atoms with van der Waals surface area (Å²) in [6.45, 7) is 3.11. The highest BCUT2D eigenvalue weighted by atomic mass is 16.5. The zero-order chi connectivity index (χ0) is 17.2. The monoisotopic (exact) mass is 341 g/mol. The minimum absolute atomic E-state index is 0.170. The number of fused-ring (bicyclic) bond motifs is 1. The molecule has 0 aliphatic carbocycles. The van der Waals surface area contributed by atoms with Gasteiger partial charge < -0.3 is 19.0 Å². The Bertz CT molecular complexity index is 881. The molecule has 1 fully saturated rings. The molecule has 0 spiro atoms. The third kappa shape index (κ3) is 3.25. The van der Waals surface area contributed by atoms with Crippen LogP contribution in [0.3, 0.4) is 0 Å². The number of pyridine rings is 1. The Balaban J connectivity index is 1.59. The summed E-state index contributed by atoms with van der Waals surface area (Å²) in [6, 6.07) is 3.26. The number of aryl methyl sites for hydroxylation is 1. The Morgan fingerprint density at radius 1 is 1.40 bits per heavy atom. The van der Waals surface area contributed by atoms with E-state index in [9.17, 15) is 4.79 Å². The van der Waals surface area contributed by atoms with E-state index >= 15 is 0 Å². The van der Waals surface area contributed by atoms with Crippen molar-refractivity contribution in [2.75, 3.05) is 13.2 Å². The molecule has 8 heteroatoms. The molecule has 3 aromatic heterocycles.